The summed E-state index contributed by atoms with van der Waals surface area (Å²) in [5.74, 6) is -0.522. The number of hydrogen-bond donors (Lipinski definition) is 3. The topological polar surface area (TPSA) is 109 Å². The van der Waals surface area contributed by atoms with Gasteiger partial charge in [-0.05, 0) is 25.2 Å². The Bertz CT molecular complexity index is 597. The largest absolute Gasteiger partial charge is 0.502 e. The summed E-state index contributed by atoms with van der Waals surface area (Å²) < 4.78 is 4.94. The molecule has 1 aromatic rings. The summed E-state index contributed by atoms with van der Waals surface area (Å²) in [5, 5.41) is 27.6. The van der Waals surface area contributed by atoms with E-state index in [-0.39, 0.29) is 21.7 Å². The Morgan fingerprint density at radius 2 is 2.36 bits per heavy atom. The molecule has 120 valence electrons. The molecule has 0 unspecified atom stereocenters. The van der Waals surface area contributed by atoms with Crippen LogP contribution in [0.1, 0.15) is 12.5 Å². The average Bonchev–Trinajstić information content (AvgIpc) is 2.42. The number of halogens is 1. The number of phenols is 1. The summed E-state index contributed by atoms with van der Waals surface area (Å²) in [7, 11) is 1.57. The molecule has 0 fully saturated rings. The van der Waals surface area contributed by atoms with Gasteiger partial charge in [0.25, 0.3) is 0 Å². The molecule has 0 aliphatic heterocycles. The number of hydrogen-bond acceptors (Lipinski definition) is 6. The van der Waals surface area contributed by atoms with E-state index >= 15 is 0 Å². The minimum absolute atomic E-state index is 0.0131. The lowest BCUT2D eigenvalue weighted by atomic mass is 10.2. The van der Waals surface area contributed by atoms with Crippen LogP contribution >= 0.6 is 23.8 Å². The first-order valence-corrected chi connectivity index (χ1v) is 6.89. The molecule has 0 saturated carbocycles. The predicted octanol–water partition coefficient (Wildman–Crippen LogP) is 1.79. The van der Waals surface area contributed by atoms with E-state index < -0.39 is 16.4 Å². The van der Waals surface area contributed by atoms with Crippen LogP contribution < -0.4 is 10.7 Å². The van der Waals surface area contributed by atoms with Gasteiger partial charge in [0.1, 0.15) is 0 Å². The Labute approximate surface area is 137 Å². The van der Waals surface area contributed by atoms with Crippen LogP contribution in [0.4, 0.5) is 5.69 Å². The number of nitrogens with one attached hydrogen (secondary N) is 2. The molecule has 0 aliphatic carbocycles. The smallest absolute Gasteiger partial charge is 0.312 e. The van der Waals surface area contributed by atoms with Crippen molar-refractivity contribution in [2.75, 3.05) is 13.7 Å². The lowest BCUT2D eigenvalue weighted by Crippen LogP contribution is -2.40. The normalized spacial score (nSPS) is 12.1. The zero-order chi connectivity index (χ0) is 16.7. The van der Waals surface area contributed by atoms with Gasteiger partial charge in [-0.25, -0.2) is 0 Å². The number of thiocarbonyl (C=S) groups is 1. The highest BCUT2D eigenvalue weighted by Crippen LogP contribution is 2.32. The van der Waals surface area contributed by atoms with Gasteiger partial charge in [0.15, 0.2) is 5.11 Å². The lowest BCUT2D eigenvalue weighted by Gasteiger charge is -2.13. The summed E-state index contributed by atoms with van der Waals surface area (Å²) >= 11 is 10.8. The number of benzene rings is 1. The van der Waals surface area contributed by atoms with Crippen LogP contribution in [-0.2, 0) is 4.74 Å². The van der Waals surface area contributed by atoms with Gasteiger partial charge < -0.3 is 15.2 Å². The van der Waals surface area contributed by atoms with E-state index in [2.05, 4.69) is 15.8 Å². The van der Waals surface area contributed by atoms with E-state index in [1.807, 2.05) is 6.92 Å². The van der Waals surface area contributed by atoms with Gasteiger partial charge in [0.05, 0.1) is 17.7 Å². The number of ether oxygens (including phenoxy) is 1. The summed E-state index contributed by atoms with van der Waals surface area (Å²) in [6, 6.07) is 2.39. The SMILES string of the molecule is COC[C@@H](C)NC(=S)N/N=C/c1cc(Cl)cc([N+](=O)[O-])c1O. The van der Waals surface area contributed by atoms with Crippen molar-refractivity contribution >= 4 is 40.8 Å². The molecular formula is C12H15ClN4O4S. The first kappa shape index (κ1) is 18.1. The Morgan fingerprint density at radius 1 is 1.68 bits per heavy atom. The van der Waals surface area contributed by atoms with Crippen LogP contribution in [0.15, 0.2) is 17.2 Å². The molecule has 1 rings (SSSR count). The van der Waals surface area contributed by atoms with Crippen LogP contribution in [0, 0.1) is 10.1 Å². The number of aromatic hydroxyl groups is 1. The Morgan fingerprint density at radius 3 is 2.95 bits per heavy atom. The van der Waals surface area contributed by atoms with E-state index in [0.717, 1.165) is 6.07 Å². The van der Waals surface area contributed by atoms with Crippen LogP contribution in [0.25, 0.3) is 0 Å². The molecule has 10 heteroatoms. The molecule has 0 bridgehead atoms. The van der Waals surface area contributed by atoms with Gasteiger partial charge in [-0.1, -0.05) is 11.6 Å². The van der Waals surface area contributed by atoms with Crippen LogP contribution in [0.2, 0.25) is 5.02 Å². The van der Waals surface area contributed by atoms with Gasteiger partial charge >= 0.3 is 5.69 Å². The number of nitro groups is 1. The second-order valence-corrected chi connectivity index (χ2v) is 5.16. The highest BCUT2D eigenvalue weighted by atomic mass is 35.5. The molecule has 0 aliphatic rings. The summed E-state index contributed by atoms with van der Waals surface area (Å²) in [6.07, 6.45) is 1.18. The second-order valence-electron chi connectivity index (χ2n) is 4.32. The maximum Gasteiger partial charge on any atom is 0.312 e. The van der Waals surface area contributed by atoms with E-state index in [4.69, 9.17) is 28.6 Å². The molecule has 0 spiro atoms. The number of hydrazone groups is 1. The standard InChI is InChI=1S/C12H15ClN4O4S/c1-7(6-21-2)15-12(22)16-14-5-8-3-9(13)4-10(11(8)18)17(19)20/h3-5,7,18H,6H2,1-2H3,(H2,15,16,22)/b14-5+/t7-/m1/s1. The molecule has 22 heavy (non-hydrogen) atoms. The van der Waals surface area contributed by atoms with Crippen molar-refractivity contribution in [3.63, 3.8) is 0 Å². The fourth-order valence-electron chi connectivity index (χ4n) is 1.55. The number of methoxy groups -OCH3 is 1. The number of nitro benzene ring substituents is 1. The molecule has 1 atom stereocenters. The maximum absolute atomic E-state index is 10.8. The molecule has 0 radical (unpaired) electrons. The zero-order valence-corrected chi connectivity index (χ0v) is 13.4. The summed E-state index contributed by atoms with van der Waals surface area (Å²) in [5.41, 5.74) is 2.13. The van der Waals surface area contributed by atoms with Gasteiger partial charge in [-0.2, -0.15) is 5.10 Å². The van der Waals surface area contributed by atoms with Crippen LogP contribution in [0.3, 0.4) is 0 Å². The quantitative estimate of drug-likeness (QED) is 0.312. The third-order valence-corrected chi connectivity index (χ3v) is 2.87. The third-order valence-electron chi connectivity index (χ3n) is 2.44. The first-order valence-electron chi connectivity index (χ1n) is 6.10. The summed E-state index contributed by atoms with van der Waals surface area (Å²) in [4.78, 5) is 10.0. The molecule has 0 aromatic heterocycles. The number of rotatable bonds is 6. The van der Waals surface area contributed by atoms with E-state index in [1.165, 1.54) is 12.3 Å². The van der Waals surface area contributed by atoms with Crippen molar-refractivity contribution < 1.29 is 14.8 Å². The highest BCUT2D eigenvalue weighted by Gasteiger charge is 2.17. The molecule has 0 amide bonds. The van der Waals surface area contributed by atoms with Gasteiger partial charge in [-0.3, -0.25) is 15.5 Å². The zero-order valence-electron chi connectivity index (χ0n) is 11.9. The van der Waals surface area contributed by atoms with Crippen molar-refractivity contribution in [3.05, 3.63) is 32.8 Å². The van der Waals surface area contributed by atoms with Gasteiger partial charge in [0.2, 0.25) is 5.75 Å². The Balaban J connectivity index is 2.75. The highest BCUT2D eigenvalue weighted by molar-refractivity contribution is 7.80. The van der Waals surface area contributed by atoms with E-state index in [1.54, 1.807) is 7.11 Å². The molecule has 8 nitrogen and oxygen atoms in total. The van der Waals surface area contributed by atoms with Crippen molar-refractivity contribution in [2.45, 2.75) is 13.0 Å². The fraction of sp³-hybridized carbons (Fsp3) is 0.333. The first-order chi connectivity index (χ1) is 10.3. The van der Waals surface area contributed by atoms with Crippen molar-refractivity contribution in [1.29, 1.82) is 0 Å². The molecular weight excluding hydrogens is 332 g/mol. The fourth-order valence-corrected chi connectivity index (χ4v) is 2.03. The number of phenolic OH excluding ortho intramolecular Hbond substituents is 1. The van der Waals surface area contributed by atoms with Gasteiger partial charge in [0, 0.05) is 29.8 Å². The maximum atomic E-state index is 10.8. The van der Waals surface area contributed by atoms with Crippen molar-refractivity contribution in [2.24, 2.45) is 5.10 Å². The number of nitrogens with zero attached hydrogens (tertiary/aromatic N) is 2. The van der Waals surface area contributed by atoms with Crippen molar-refractivity contribution in [1.82, 2.24) is 10.7 Å². The van der Waals surface area contributed by atoms with E-state index in [0.29, 0.717) is 6.61 Å². The van der Waals surface area contributed by atoms with E-state index in [9.17, 15) is 15.2 Å². The third kappa shape index (κ3) is 5.43. The van der Waals surface area contributed by atoms with Gasteiger partial charge in [-0.15, -0.1) is 0 Å². The molecule has 3 N–H and O–H groups in total. The Kier molecular flexibility index (Phi) is 6.96. The summed E-state index contributed by atoms with van der Waals surface area (Å²) in [6.45, 7) is 2.33. The molecule has 0 heterocycles. The predicted molar refractivity (Wildman–Crippen MR) is 87.6 cm³/mol. The van der Waals surface area contributed by atoms with Crippen LogP contribution in [0.5, 0.6) is 5.75 Å². The Hall–Kier alpha value is -1.97. The average molecular weight is 347 g/mol. The molecule has 0 saturated heterocycles. The minimum atomic E-state index is -0.732. The monoisotopic (exact) mass is 346 g/mol. The molecule has 1 aromatic carbocycles. The second kappa shape index (κ2) is 8.47. The lowest BCUT2D eigenvalue weighted by molar-refractivity contribution is -0.385. The van der Waals surface area contributed by atoms with Crippen molar-refractivity contribution in [3.8, 4) is 5.75 Å². The van der Waals surface area contributed by atoms with Crippen LogP contribution in [-0.4, -0.2) is 41.1 Å². The minimum Gasteiger partial charge on any atom is -0.502 e.